The maximum absolute atomic E-state index is 5.87. The number of aryl methyl sites for hydroxylation is 1. The van der Waals surface area contributed by atoms with E-state index in [0.717, 1.165) is 30.3 Å². The molecule has 0 radical (unpaired) electrons. The fourth-order valence-corrected chi connectivity index (χ4v) is 4.14. The fraction of sp³-hybridized carbons (Fsp3) is 0.632. The van der Waals surface area contributed by atoms with E-state index in [0.29, 0.717) is 24.6 Å². The molecule has 2 aliphatic rings. The molecule has 1 saturated heterocycles. The Labute approximate surface area is 144 Å². The van der Waals surface area contributed by atoms with E-state index in [1.54, 1.807) is 7.11 Å². The molecule has 24 heavy (non-hydrogen) atoms. The molecule has 132 valence electrons. The number of nitrogens with one attached hydrogen (secondary N) is 2. The van der Waals surface area contributed by atoms with Gasteiger partial charge in [0.15, 0.2) is 5.96 Å². The Balaban J connectivity index is 1.62. The van der Waals surface area contributed by atoms with Crippen LogP contribution in [-0.4, -0.2) is 38.9 Å². The Morgan fingerprint density at radius 2 is 2.21 bits per heavy atom. The second-order valence-corrected chi connectivity index (χ2v) is 7.43. The van der Waals surface area contributed by atoms with Crippen LogP contribution in [-0.2, 0) is 11.3 Å². The van der Waals surface area contributed by atoms with Crippen LogP contribution in [0.2, 0.25) is 0 Å². The number of methoxy groups -OCH3 is 1. The number of rotatable bonds is 4. The molecule has 5 heteroatoms. The van der Waals surface area contributed by atoms with E-state index in [4.69, 9.17) is 9.47 Å². The van der Waals surface area contributed by atoms with Crippen LogP contribution in [0, 0.1) is 18.3 Å². The molecule has 2 fully saturated rings. The van der Waals surface area contributed by atoms with Crippen LogP contribution in [0.25, 0.3) is 0 Å². The molecule has 0 spiro atoms. The monoisotopic (exact) mass is 331 g/mol. The van der Waals surface area contributed by atoms with E-state index < -0.39 is 0 Å². The molecule has 5 nitrogen and oxygen atoms in total. The Bertz CT molecular complexity index is 627. The van der Waals surface area contributed by atoms with Crippen molar-refractivity contribution in [3.63, 3.8) is 0 Å². The molecule has 0 bridgehead atoms. The molecule has 3 atom stereocenters. The van der Waals surface area contributed by atoms with Gasteiger partial charge in [0.1, 0.15) is 5.75 Å². The van der Waals surface area contributed by atoms with Gasteiger partial charge in [-0.3, -0.25) is 4.99 Å². The van der Waals surface area contributed by atoms with Gasteiger partial charge in [0.05, 0.1) is 13.2 Å². The van der Waals surface area contributed by atoms with Crippen LogP contribution in [0.5, 0.6) is 5.75 Å². The SMILES string of the molecule is CN=C(NCc1ccc(C)cc1OC)NC1C2CCOC2C1(C)C. The highest BCUT2D eigenvalue weighted by molar-refractivity contribution is 5.80. The number of ether oxygens (including phenoxy) is 2. The lowest BCUT2D eigenvalue weighted by molar-refractivity contribution is -0.106. The third-order valence-corrected chi connectivity index (χ3v) is 5.51. The summed E-state index contributed by atoms with van der Waals surface area (Å²) < 4.78 is 11.3. The van der Waals surface area contributed by atoms with Gasteiger partial charge in [-0.05, 0) is 25.0 Å². The highest BCUT2D eigenvalue weighted by Gasteiger charge is 2.59. The van der Waals surface area contributed by atoms with E-state index in [1.807, 2.05) is 7.05 Å². The quantitative estimate of drug-likeness (QED) is 0.657. The number of guanidine groups is 1. The van der Waals surface area contributed by atoms with E-state index in [-0.39, 0.29) is 5.41 Å². The number of fused-ring (bicyclic) bond motifs is 1. The van der Waals surface area contributed by atoms with Crippen LogP contribution in [0.4, 0.5) is 0 Å². The van der Waals surface area contributed by atoms with Gasteiger partial charge in [-0.1, -0.05) is 26.0 Å². The molecule has 1 aliphatic heterocycles. The summed E-state index contributed by atoms with van der Waals surface area (Å²) in [5, 5.41) is 7.02. The zero-order valence-corrected chi connectivity index (χ0v) is 15.3. The van der Waals surface area contributed by atoms with Gasteiger partial charge < -0.3 is 20.1 Å². The van der Waals surface area contributed by atoms with Crippen LogP contribution in [0.15, 0.2) is 23.2 Å². The predicted octanol–water partition coefficient (Wildman–Crippen LogP) is 2.48. The topological polar surface area (TPSA) is 54.9 Å². The summed E-state index contributed by atoms with van der Waals surface area (Å²) in [5.41, 5.74) is 2.46. The summed E-state index contributed by atoms with van der Waals surface area (Å²) in [6.07, 6.45) is 1.51. The Kier molecular flexibility index (Phi) is 4.72. The first kappa shape index (κ1) is 17.1. The van der Waals surface area contributed by atoms with Crippen LogP contribution < -0.4 is 15.4 Å². The van der Waals surface area contributed by atoms with Gasteiger partial charge in [-0.25, -0.2) is 0 Å². The van der Waals surface area contributed by atoms with Gasteiger partial charge in [-0.15, -0.1) is 0 Å². The Hall–Kier alpha value is -1.75. The second kappa shape index (κ2) is 6.63. The van der Waals surface area contributed by atoms with E-state index in [2.05, 4.69) is 54.6 Å². The van der Waals surface area contributed by atoms with Crippen LogP contribution >= 0.6 is 0 Å². The molecule has 1 aliphatic carbocycles. The van der Waals surface area contributed by atoms with Crippen molar-refractivity contribution in [3.05, 3.63) is 29.3 Å². The van der Waals surface area contributed by atoms with Gasteiger partial charge in [0, 0.05) is 43.1 Å². The summed E-state index contributed by atoms with van der Waals surface area (Å²) in [6.45, 7) is 8.17. The molecule has 1 aromatic carbocycles. The molecule has 1 saturated carbocycles. The van der Waals surface area contributed by atoms with Crippen LogP contribution in [0.1, 0.15) is 31.4 Å². The van der Waals surface area contributed by atoms with Crippen molar-refractivity contribution in [3.8, 4) is 5.75 Å². The summed E-state index contributed by atoms with van der Waals surface area (Å²) in [7, 11) is 3.53. The summed E-state index contributed by atoms with van der Waals surface area (Å²) in [5.74, 6) is 2.33. The van der Waals surface area contributed by atoms with Crippen molar-refractivity contribution in [2.45, 2.75) is 45.9 Å². The lowest BCUT2D eigenvalue weighted by Crippen LogP contribution is -2.67. The molecule has 1 aromatic rings. The highest BCUT2D eigenvalue weighted by atomic mass is 16.5. The molecule has 3 rings (SSSR count). The average molecular weight is 331 g/mol. The summed E-state index contributed by atoms with van der Waals surface area (Å²) in [4.78, 5) is 4.39. The van der Waals surface area contributed by atoms with E-state index in [9.17, 15) is 0 Å². The maximum atomic E-state index is 5.87. The zero-order chi connectivity index (χ0) is 17.3. The van der Waals surface area contributed by atoms with Crippen molar-refractivity contribution in [2.24, 2.45) is 16.3 Å². The first-order valence-electron chi connectivity index (χ1n) is 8.69. The number of nitrogens with zero attached hydrogens (tertiary/aromatic N) is 1. The van der Waals surface area contributed by atoms with Crippen molar-refractivity contribution in [2.75, 3.05) is 20.8 Å². The summed E-state index contributed by atoms with van der Waals surface area (Å²) in [6, 6.07) is 6.66. The van der Waals surface area contributed by atoms with Crippen molar-refractivity contribution in [1.82, 2.24) is 10.6 Å². The standard InChI is InChI=1S/C19H29N3O2/c1-12-6-7-13(15(10-12)23-5)11-21-18(20-4)22-16-14-8-9-24-17(14)19(16,2)3/h6-7,10,14,16-17H,8-9,11H2,1-5H3,(H2,20,21,22). The van der Waals surface area contributed by atoms with Crippen molar-refractivity contribution >= 4 is 5.96 Å². The van der Waals surface area contributed by atoms with Gasteiger partial charge in [-0.2, -0.15) is 0 Å². The molecular formula is C19H29N3O2. The number of benzene rings is 1. The first-order chi connectivity index (χ1) is 11.5. The molecule has 0 aromatic heterocycles. The van der Waals surface area contributed by atoms with E-state index in [1.165, 1.54) is 5.56 Å². The minimum absolute atomic E-state index is 0.139. The Morgan fingerprint density at radius 3 is 2.92 bits per heavy atom. The van der Waals surface area contributed by atoms with Crippen molar-refractivity contribution in [1.29, 1.82) is 0 Å². The number of aliphatic imine (C=N–C) groups is 1. The molecule has 1 heterocycles. The lowest BCUT2D eigenvalue weighted by atomic mass is 9.57. The van der Waals surface area contributed by atoms with E-state index >= 15 is 0 Å². The van der Waals surface area contributed by atoms with Crippen LogP contribution in [0.3, 0.4) is 0 Å². The molecule has 0 amide bonds. The molecule has 3 unspecified atom stereocenters. The van der Waals surface area contributed by atoms with Gasteiger partial charge >= 0.3 is 0 Å². The molecule has 2 N–H and O–H groups in total. The maximum Gasteiger partial charge on any atom is 0.191 e. The number of hydrogen-bond acceptors (Lipinski definition) is 3. The highest BCUT2D eigenvalue weighted by Crippen LogP contribution is 2.52. The lowest BCUT2D eigenvalue weighted by Gasteiger charge is -2.54. The smallest absolute Gasteiger partial charge is 0.191 e. The summed E-state index contributed by atoms with van der Waals surface area (Å²) >= 11 is 0. The number of hydrogen-bond donors (Lipinski definition) is 2. The largest absolute Gasteiger partial charge is 0.496 e. The average Bonchev–Trinajstić information content (AvgIpc) is 3.02. The third-order valence-electron chi connectivity index (χ3n) is 5.51. The normalized spacial score (nSPS) is 28.0. The third kappa shape index (κ3) is 2.97. The Morgan fingerprint density at radius 1 is 1.42 bits per heavy atom. The first-order valence-corrected chi connectivity index (χ1v) is 8.69. The minimum Gasteiger partial charge on any atom is -0.496 e. The van der Waals surface area contributed by atoms with Gasteiger partial charge in [0.25, 0.3) is 0 Å². The van der Waals surface area contributed by atoms with Crippen molar-refractivity contribution < 1.29 is 9.47 Å². The predicted molar refractivity (Wildman–Crippen MR) is 96.5 cm³/mol. The zero-order valence-electron chi connectivity index (χ0n) is 15.3. The van der Waals surface area contributed by atoms with Gasteiger partial charge in [0.2, 0.25) is 0 Å². The second-order valence-electron chi connectivity index (χ2n) is 7.43. The fourth-order valence-electron chi connectivity index (χ4n) is 4.14. The minimum atomic E-state index is 0.139. The molecular weight excluding hydrogens is 302 g/mol.